The molecule has 7 heteroatoms. The highest BCUT2D eigenvalue weighted by atomic mass is 16.5. The minimum atomic E-state index is -0.624. The van der Waals surface area contributed by atoms with Crippen LogP contribution < -0.4 is 5.32 Å². The second kappa shape index (κ2) is 9.35. The zero-order chi connectivity index (χ0) is 22.8. The van der Waals surface area contributed by atoms with E-state index in [-0.39, 0.29) is 17.9 Å². The molecule has 32 heavy (non-hydrogen) atoms. The van der Waals surface area contributed by atoms with Gasteiger partial charge in [0.05, 0.1) is 18.8 Å². The highest BCUT2D eigenvalue weighted by Gasteiger charge is 2.37. The van der Waals surface area contributed by atoms with Crippen molar-refractivity contribution in [2.75, 3.05) is 13.7 Å². The summed E-state index contributed by atoms with van der Waals surface area (Å²) in [7, 11) is 1.31. The van der Waals surface area contributed by atoms with Gasteiger partial charge >= 0.3 is 6.09 Å². The molecule has 0 bridgehead atoms. The fourth-order valence-electron chi connectivity index (χ4n) is 5.13. The number of fused-ring (bicyclic) bond motifs is 1. The number of hydrogen-bond donors (Lipinski definition) is 2. The molecule has 1 fully saturated rings. The van der Waals surface area contributed by atoms with Crippen LogP contribution in [0.3, 0.4) is 0 Å². The lowest BCUT2D eigenvalue weighted by Gasteiger charge is -2.30. The summed E-state index contributed by atoms with van der Waals surface area (Å²) in [6.45, 7) is 6.70. The average Bonchev–Trinajstić information content (AvgIpc) is 3.46. The van der Waals surface area contributed by atoms with Gasteiger partial charge in [-0.1, -0.05) is 26.0 Å². The van der Waals surface area contributed by atoms with Crippen molar-refractivity contribution < 1.29 is 14.3 Å². The zero-order valence-corrected chi connectivity index (χ0v) is 19.5. The van der Waals surface area contributed by atoms with Gasteiger partial charge < -0.3 is 19.9 Å². The van der Waals surface area contributed by atoms with Gasteiger partial charge in [-0.05, 0) is 68.1 Å². The topological polar surface area (TPSA) is 87.3 Å². The lowest BCUT2D eigenvalue weighted by Crippen LogP contribution is -2.51. The van der Waals surface area contributed by atoms with Crippen molar-refractivity contribution in [3.8, 4) is 11.3 Å². The van der Waals surface area contributed by atoms with Gasteiger partial charge in [-0.3, -0.25) is 4.79 Å². The fourth-order valence-corrected chi connectivity index (χ4v) is 5.13. The monoisotopic (exact) mass is 438 g/mol. The summed E-state index contributed by atoms with van der Waals surface area (Å²) in [5.41, 5.74) is 6.42. The molecule has 0 spiro atoms. The van der Waals surface area contributed by atoms with Gasteiger partial charge in [0.25, 0.3) is 0 Å². The Hall–Kier alpha value is -2.83. The van der Waals surface area contributed by atoms with Crippen LogP contribution in [0, 0.1) is 12.8 Å². The molecule has 1 aromatic heterocycles. The molecule has 2 aliphatic rings. The predicted molar refractivity (Wildman–Crippen MR) is 123 cm³/mol. The maximum atomic E-state index is 13.3. The van der Waals surface area contributed by atoms with E-state index in [4.69, 9.17) is 9.72 Å². The quantitative estimate of drug-likeness (QED) is 0.728. The lowest BCUT2D eigenvalue weighted by atomic mass is 9.85. The number of rotatable bonds is 5. The number of benzene rings is 1. The molecule has 2 atom stereocenters. The van der Waals surface area contributed by atoms with E-state index in [1.165, 1.54) is 42.2 Å². The van der Waals surface area contributed by atoms with Crippen LogP contribution in [0.5, 0.6) is 0 Å². The molecule has 1 saturated heterocycles. The average molecular weight is 439 g/mol. The van der Waals surface area contributed by atoms with Gasteiger partial charge in [0, 0.05) is 18.3 Å². The number of ether oxygens (including phenoxy) is 1. The third kappa shape index (κ3) is 4.25. The molecule has 2 N–H and O–H groups in total. The van der Waals surface area contributed by atoms with Crippen molar-refractivity contribution in [3.63, 3.8) is 0 Å². The van der Waals surface area contributed by atoms with Gasteiger partial charge in [-0.2, -0.15) is 0 Å². The smallest absolute Gasteiger partial charge is 0.407 e. The number of H-pyrrole nitrogens is 1. The van der Waals surface area contributed by atoms with E-state index < -0.39 is 12.1 Å². The van der Waals surface area contributed by atoms with Crippen LogP contribution in [0.2, 0.25) is 0 Å². The number of carbonyl (C=O) groups is 2. The maximum Gasteiger partial charge on any atom is 0.407 e. The van der Waals surface area contributed by atoms with Gasteiger partial charge in [0.15, 0.2) is 0 Å². The summed E-state index contributed by atoms with van der Waals surface area (Å²) in [5.74, 6) is 0.684. The number of alkyl carbamates (subject to hydrolysis) is 1. The molecule has 0 radical (unpaired) electrons. The first-order chi connectivity index (χ1) is 15.4. The van der Waals surface area contributed by atoms with E-state index in [9.17, 15) is 9.59 Å². The van der Waals surface area contributed by atoms with Gasteiger partial charge in [0.1, 0.15) is 11.9 Å². The van der Waals surface area contributed by atoms with E-state index in [0.717, 1.165) is 37.2 Å². The predicted octanol–water partition coefficient (Wildman–Crippen LogP) is 4.31. The largest absolute Gasteiger partial charge is 0.453 e. The minimum absolute atomic E-state index is 0.0471. The summed E-state index contributed by atoms with van der Waals surface area (Å²) < 4.78 is 4.72. The lowest BCUT2D eigenvalue weighted by molar-refractivity contribution is -0.135. The summed E-state index contributed by atoms with van der Waals surface area (Å²) in [6.07, 6.45) is 7.86. The molecule has 2 amide bonds. The molecule has 172 valence electrons. The van der Waals surface area contributed by atoms with Crippen LogP contribution in [-0.4, -0.2) is 46.6 Å². The van der Waals surface area contributed by atoms with Crippen LogP contribution in [0.25, 0.3) is 11.3 Å². The number of amides is 2. The Labute approximate surface area is 189 Å². The van der Waals surface area contributed by atoms with Gasteiger partial charge in [0.2, 0.25) is 5.91 Å². The highest BCUT2D eigenvalue weighted by Crippen LogP contribution is 2.36. The van der Waals surface area contributed by atoms with Gasteiger partial charge in [-0.15, -0.1) is 0 Å². The van der Waals surface area contributed by atoms with Crippen molar-refractivity contribution in [3.05, 3.63) is 40.8 Å². The first-order valence-corrected chi connectivity index (χ1v) is 11.7. The fraction of sp³-hybridized carbons (Fsp3) is 0.560. The minimum Gasteiger partial charge on any atom is -0.453 e. The van der Waals surface area contributed by atoms with Crippen LogP contribution in [0.4, 0.5) is 4.79 Å². The molecule has 2 heterocycles. The molecule has 0 saturated carbocycles. The summed E-state index contributed by atoms with van der Waals surface area (Å²) >= 11 is 0. The Morgan fingerprint density at radius 3 is 2.66 bits per heavy atom. The molecule has 2 aromatic rings. The molecule has 1 aromatic carbocycles. The Morgan fingerprint density at radius 2 is 1.94 bits per heavy atom. The van der Waals surface area contributed by atoms with Crippen LogP contribution in [0.15, 0.2) is 18.3 Å². The number of aryl methyl sites for hydroxylation is 1. The third-order valence-corrected chi connectivity index (χ3v) is 6.89. The van der Waals surface area contributed by atoms with E-state index >= 15 is 0 Å². The number of aromatic amines is 1. The Bertz CT molecular complexity index is 997. The normalized spacial score (nSPS) is 19.0. The van der Waals surface area contributed by atoms with Crippen molar-refractivity contribution >= 4 is 12.0 Å². The summed E-state index contributed by atoms with van der Waals surface area (Å²) in [4.78, 5) is 35.3. The first kappa shape index (κ1) is 22.4. The van der Waals surface area contributed by atoms with Crippen molar-refractivity contribution in [2.24, 2.45) is 5.92 Å². The van der Waals surface area contributed by atoms with Crippen LogP contribution in [-0.2, 0) is 22.4 Å². The Kier molecular flexibility index (Phi) is 6.53. The number of nitrogens with zero attached hydrogens (tertiary/aromatic N) is 2. The Balaban J connectivity index is 1.59. The number of methoxy groups -OCH3 is 1. The molecular weight excluding hydrogens is 404 g/mol. The molecule has 0 unspecified atom stereocenters. The highest BCUT2D eigenvalue weighted by molar-refractivity contribution is 5.86. The molecule has 1 aliphatic heterocycles. The number of hydrogen-bond acceptors (Lipinski definition) is 4. The Morgan fingerprint density at radius 1 is 1.19 bits per heavy atom. The molecule has 1 aliphatic carbocycles. The second-order valence-corrected chi connectivity index (χ2v) is 9.31. The summed E-state index contributed by atoms with van der Waals surface area (Å²) in [6, 6.07) is 3.65. The number of nitrogens with one attached hydrogen (secondary N) is 2. The molecule has 4 rings (SSSR count). The first-order valence-electron chi connectivity index (χ1n) is 11.7. The van der Waals surface area contributed by atoms with E-state index in [0.29, 0.717) is 6.54 Å². The van der Waals surface area contributed by atoms with Crippen molar-refractivity contribution in [2.45, 2.75) is 71.4 Å². The number of imidazole rings is 1. The van der Waals surface area contributed by atoms with Crippen molar-refractivity contribution in [1.82, 2.24) is 20.2 Å². The van der Waals surface area contributed by atoms with E-state index in [2.05, 4.69) is 29.4 Å². The standard InChI is InChI=1S/C25H34N4O3/c1-15(2)22(28-25(31)32-4)24(30)29-13-7-10-21(29)23-26-14-20(27-23)19-12-11-16(3)17-8-5-6-9-18(17)19/h11-12,14-15,21-22H,5-10,13H2,1-4H3,(H,26,27)(H,28,31)/t21-,22-/m0/s1. The van der Waals surface area contributed by atoms with Crippen molar-refractivity contribution in [1.29, 1.82) is 0 Å². The number of aromatic nitrogens is 2. The van der Waals surface area contributed by atoms with Gasteiger partial charge in [-0.25, -0.2) is 9.78 Å². The zero-order valence-electron chi connectivity index (χ0n) is 19.5. The third-order valence-electron chi connectivity index (χ3n) is 6.89. The molecule has 7 nitrogen and oxygen atoms in total. The number of carbonyl (C=O) groups excluding carboxylic acids is 2. The molecular formula is C25H34N4O3. The van der Waals surface area contributed by atoms with E-state index in [1.807, 2.05) is 24.9 Å². The second-order valence-electron chi connectivity index (χ2n) is 9.31. The SMILES string of the molecule is COC(=O)N[C@H](C(=O)N1CCC[C@H]1c1nc(-c2ccc(C)c3c2CCCC3)c[nH]1)C(C)C. The van der Waals surface area contributed by atoms with Crippen LogP contribution >= 0.6 is 0 Å². The summed E-state index contributed by atoms with van der Waals surface area (Å²) in [5, 5.41) is 2.70. The number of likely N-dealkylation sites (tertiary alicyclic amines) is 1. The van der Waals surface area contributed by atoms with E-state index in [1.54, 1.807) is 0 Å². The maximum absolute atomic E-state index is 13.3. The van der Waals surface area contributed by atoms with Crippen LogP contribution in [0.1, 0.15) is 68.1 Å².